The summed E-state index contributed by atoms with van der Waals surface area (Å²) in [6.07, 6.45) is 0. The molecule has 1 aromatic rings. The molecule has 2 unspecified atom stereocenters. The number of phenols is 1. The minimum absolute atomic E-state index is 0.00401. The standard InChI is InChI=1S/C11H16FNO2/c1-7(6-14)13-8(2)10-4-3-9(15)5-11(10)12/h3-5,7-8,13-15H,6H2,1-2H3. The summed E-state index contributed by atoms with van der Waals surface area (Å²) in [5.41, 5.74) is 0.480. The van der Waals surface area contributed by atoms with Crippen LogP contribution in [0.25, 0.3) is 0 Å². The molecule has 1 aromatic carbocycles. The van der Waals surface area contributed by atoms with Gasteiger partial charge in [-0.05, 0) is 19.9 Å². The molecule has 0 aliphatic rings. The average molecular weight is 213 g/mol. The van der Waals surface area contributed by atoms with Crippen molar-refractivity contribution in [2.24, 2.45) is 0 Å². The first-order valence-corrected chi connectivity index (χ1v) is 4.90. The molecule has 0 bridgehead atoms. The lowest BCUT2D eigenvalue weighted by Gasteiger charge is -2.19. The molecule has 2 atom stereocenters. The number of aromatic hydroxyl groups is 1. The summed E-state index contributed by atoms with van der Waals surface area (Å²) >= 11 is 0. The predicted molar refractivity (Wildman–Crippen MR) is 56.2 cm³/mol. The molecular weight excluding hydrogens is 197 g/mol. The monoisotopic (exact) mass is 213 g/mol. The lowest BCUT2D eigenvalue weighted by molar-refractivity contribution is 0.242. The van der Waals surface area contributed by atoms with Gasteiger partial charge in [0.25, 0.3) is 0 Å². The molecule has 0 spiro atoms. The van der Waals surface area contributed by atoms with Gasteiger partial charge in [0.15, 0.2) is 0 Å². The van der Waals surface area contributed by atoms with Gasteiger partial charge in [-0.15, -0.1) is 0 Å². The van der Waals surface area contributed by atoms with Gasteiger partial charge in [0.1, 0.15) is 11.6 Å². The van der Waals surface area contributed by atoms with Crippen LogP contribution in [0.3, 0.4) is 0 Å². The first kappa shape index (κ1) is 11.9. The van der Waals surface area contributed by atoms with Crippen molar-refractivity contribution < 1.29 is 14.6 Å². The van der Waals surface area contributed by atoms with Gasteiger partial charge in [0.05, 0.1) is 6.61 Å². The Morgan fingerprint density at radius 2 is 2.07 bits per heavy atom. The SMILES string of the molecule is CC(CO)NC(C)c1ccc(O)cc1F. The molecule has 3 nitrogen and oxygen atoms in total. The lowest BCUT2D eigenvalue weighted by Crippen LogP contribution is -2.32. The zero-order valence-electron chi connectivity index (χ0n) is 8.87. The van der Waals surface area contributed by atoms with Crippen LogP contribution in [0.1, 0.15) is 25.5 Å². The summed E-state index contributed by atoms with van der Waals surface area (Å²) in [5, 5.41) is 20.9. The van der Waals surface area contributed by atoms with Gasteiger partial charge in [-0.25, -0.2) is 4.39 Å². The summed E-state index contributed by atoms with van der Waals surface area (Å²) in [4.78, 5) is 0. The van der Waals surface area contributed by atoms with Crippen LogP contribution in [0.5, 0.6) is 5.75 Å². The van der Waals surface area contributed by atoms with E-state index in [1.165, 1.54) is 12.1 Å². The fourth-order valence-electron chi connectivity index (χ4n) is 1.44. The highest BCUT2D eigenvalue weighted by Gasteiger charge is 2.13. The maximum absolute atomic E-state index is 13.4. The summed E-state index contributed by atoms with van der Waals surface area (Å²) in [5.74, 6) is -0.529. The number of hydrogen-bond donors (Lipinski definition) is 3. The maximum atomic E-state index is 13.4. The van der Waals surface area contributed by atoms with Crippen molar-refractivity contribution in [2.45, 2.75) is 25.9 Å². The van der Waals surface area contributed by atoms with Crippen molar-refractivity contribution in [1.29, 1.82) is 0 Å². The van der Waals surface area contributed by atoms with Crippen molar-refractivity contribution in [2.75, 3.05) is 6.61 Å². The van der Waals surface area contributed by atoms with Crippen molar-refractivity contribution in [3.63, 3.8) is 0 Å². The quantitative estimate of drug-likeness (QED) is 0.711. The van der Waals surface area contributed by atoms with Crippen LogP contribution in [0, 0.1) is 5.82 Å². The van der Waals surface area contributed by atoms with Crippen molar-refractivity contribution >= 4 is 0 Å². The van der Waals surface area contributed by atoms with E-state index in [-0.39, 0.29) is 24.4 Å². The fraction of sp³-hybridized carbons (Fsp3) is 0.455. The van der Waals surface area contributed by atoms with Gasteiger partial charge in [-0.3, -0.25) is 0 Å². The molecule has 4 heteroatoms. The van der Waals surface area contributed by atoms with Crippen LogP contribution in [-0.2, 0) is 0 Å². The first-order valence-electron chi connectivity index (χ1n) is 4.90. The van der Waals surface area contributed by atoms with Gasteiger partial charge in [0, 0.05) is 23.7 Å². The molecule has 15 heavy (non-hydrogen) atoms. The molecule has 0 saturated carbocycles. The number of benzene rings is 1. The molecule has 84 valence electrons. The predicted octanol–water partition coefficient (Wildman–Crippen LogP) is 1.56. The molecule has 1 rings (SSSR count). The van der Waals surface area contributed by atoms with E-state index >= 15 is 0 Å². The second kappa shape index (κ2) is 5.09. The summed E-state index contributed by atoms with van der Waals surface area (Å²) in [7, 11) is 0. The van der Waals surface area contributed by atoms with Crippen molar-refractivity contribution in [3.05, 3.63) is 29.6 Å². The highest BCUT2D eigenvalue weighted by molar-refractivity contribution is 5.29. The third-order valence-electron chi connectivity index (χ3n) is 2.26. The lowest BCUT2D eigenvalue weighted by atomic mass is 10.1. The van der Waals surface area contributed by atoms with Crippen LogP contribution in [0.15, 0.2) is 18.2 Å². The fourth-order valence-corrected chi connectivity index (χ4v) is 1.44. The Bertz CT molecular complexity index is 330. The maximum Gasteiger partial charge on any atom is 0.131 e. The Hall–Kier alpha value is -1.13. The third kappa shape index (κ3) is 3.18. The highest BCUT2D eigenvalue weighted by Crippen LogP contribution is 2.21. The normalized spacial score (nSPS) is 14.9. The number of rotatable bonds is 4. The van der Waals surface area contributed by atoms with Crippen LogP contribution in [0.4, 0.5) is 4.39 Å². The van der Waals surface area contributed by atoms with Gasteiger partial charge < -0.3 is 15.5 Å². The molecule has 0 amide bonds. The van der Waals surface area contributed by atoms with E-state index in [9.17, 15) is 4.39 Å². The van der Waals surface area contributed by atoms with Gasteiger partial charge in [-0.1, -0.05) is 6.07 Å². The summed E-state index contributed by atoms with van der Waals surface area (Å²) in [6.45, 7) is 3.63. The van der Waals surface area contributed by atoms with E-state index in [1.807, 2.05) is 13.8 Å². The second-order valence-corrected chi connectivity index (χ2v) is 3.68. The van der Waals surface area contributed by atoms with Crippen LogP contribution in [0.2, 0.25) is 0 Å². The molecule has 0 fully saturated rings. The van der Waals surface area contributed by atoms with E-state index < -0.39 is 5.82 Å². The van der Waals surface area contributed by atoms with E-state index in [4.69, 9.17) is 10.2 Å². The number of phenolic OH excluding ortho intramolecular Hbond substituents is 1. The minimum Gasteiger partial charge on any atom is -0.508 e. The molecule has 0 saturated heterocycles. The zero-order chi connectivity index (χ0) is 11.4. The Balaban J connectivity index is 2.77. The molecule has 3 N–H and O–H groups in total. The van der Waals surface area contributed by atoms with Crippen molar-refractivity contribution in [3.8, 4) is 5.75 Å². The highest BCUT2D eigenvalue weighted by atomic mass is 19.1. The smallest absolute Gasteiger partial charge is 0.131 e. The Kier molecular flexibility index (Phi) is 4.05. The zero-order valence-corrected chi connectivity index (χ0v) is 8.87. The van der Waals surface area contributed by atoms with E-state index in [0.29, 0.717) is 5.56 Å². The molecule has 0 radical (unpaired) electrons. The second-order valence-electron chi connectivity index (χ2n) is 3.68. The van der Waals surface area contributed by atoms with Gasteiger partial charge >= 0.3 is 0 Å². The topological polar surface area (TPSA) is 52.5 Å². The Morgan fingerprint density at radius 3 is 2.60 bits per heavy atom. The van der Waals surface area contributed by atoms with Crippen molar-refractivity contribution in [1.82, 2.24) is 5.32 Å². The first-order chi connectivity index (χ1) is 7.04. The minimum atomic E-state index is -0.444. The number of aliphatic hydroxyl groups excluding tert-OH is 1. The number of aliphatic hydroxyl groups is 1. The molecular formula is C11H16FNO2. The molecule has 0 heterocycles. The average Bonchev–Trinajstić information content (AvgIpc) is 2.17. The van der Waals surface area contributed by atoms with E-state index in [1.54, 1.807) is 0 Å². The largest absolute Gasteiger partial charge is 0.508 e. The number of hydrogen-bond acceptors (Lipinski definition) is 3. The molecule has 0 aromatic heterocycles. The summed E-state index contributed by atoms with van der Waals surface area (Å²) in [6, 6.07) is 3.77. The molecule has 0 aliphatic heterocycles. The third-order valence-corrected chi connectivity index (χ3v) is 2.26. The van der Waals surface area contributed by atoms with E-state index in [0.717, 1.165) is 6.07 Å². The van der Waals surface area contributed by atoms with Crippen LogP contribution < -0.4 is 5.32 Å². The number of nitrogens with one attached hydrogen (secondary N) is 1. The van der Waals surface area contributed by atoms with Gasteiger partial charge in [0.2, 0.25) is 0 Å². The van der Waals surface area contributed by atoms with Gasteiger partial charge in [-0.2, -0.15) is 0 Å². The van der Waals surface area contributed by atoms with E-state index in [2.05, 4.69) is 5.32 Å². The number of halogens is 1. The summed E-state index contributed by atoms with van der Waals surface area (Å²) < 4.78 is 13.4. The van der Waals surface area contributed by atoms with Crippen LogP contribution >= 0.6 is 0 Å². The van der Waals surface area contributed by atoms with Crippen LogP contribution in [-0.4, -0.2) is 22.9 Å². The Labute approximate surface area is 88.6 Å². The Morgan fingerprint density at radius 1 is 1.40 bits per heavy atom. The molecule has 0 aliphatic carbocycles.